The lowest BCUT2D eigenvalue weighted by Gasteiger charge is -2.25. The van der Waals surface area contributed by atoms with Crippen molar-refractivity contribution >= 4 is 27.3 Å². The fraction of sp³-hybridized carbons (Fsp3) is 0.882. The first-order valence-corrected chi connectivity index (χ1v) is 15.3. The standard InChI is InChI=1S/C17H41NO8Si3/c1-8-13-27-18(16-25-11-9-14-28(19-2,20-3)21-4)17-26-12-10-15-29(22-5,23-6)24-7/h8H,1,9-17,27H2,2-7H3. The summed E-state index contributed by atoms with van der Waals surface area (Å²) in [5, 5.41) is 0. The zero-order valence-electron chi connectivity index (χ0n) is 19.1. The van der Waals surface area contributed by atoms with Crippen LogP contribution in [0.5, 0.6) is 0 Å². The van der Waals surface area contributed by atoms with Crippen LogP contribution in [-0.4, -0.2) is 101 Å². The minimum atomic E-state index is -2.52. The van der Waals surface area contributed by atoms with Gasteiger partial charge in [-0.05, 0) is 18.9 Å². The van der Waals surface area contributed by atoms with Crippen LogP contribution in [0.4, 0.5) is 0 Å². The Bertz CT molecular complexity index is 354. The first-order valence-electron chi connectivity index (χ1n) is 9.80. The first-order chi connectivity index (χ1) is 14.0. The molecular formula is C17H41NO8Si3. The van der Waals surface area contributed by atoms with E-state index in [0.717, 1.165) is 31.0 Å². The number of nitrogens with zero attached hydrogens (tertiary/aromatic N) is 1. The van der Waals surface area contributed by atoms with Gasteiger partial charge in [0.1, 0.15) is 9.68 Å². The molecule has 0 aliphatic heterocycles. The van der Waals surface area contributed by atoms with Gasteiger partial charge in [0.15, 0.2) is 0 Å². The van der Waals surface area contributed by atoms with E-state index in [1.165, 1.54) is 0 Å². The van der Waals surface area contributed by atoms with E-state index >= 15 is 0 Å². The average Bonchev–Trinajstić information content (AvgIpc) is 2.77. The van der Waals surface area contributed by atoms with Crippen LogP contribution < -0.4 is 0 Å². The van der Waals surface area contributed by atoms with Gasteiger partial charge < -0.3 is 36.0 Å². The summed E-state index contributed by atoms with van der Waals surface area (Å²) in [5.41, 5.74) is 0. The maximum absolute atomic E-state index is 5.83. The summed E-state index contributed by atoms with van der Waals surface area (Å²) in [5.74, 6) is 0. The van der Waals surface area contributed by atoms with Crippen LogP contribution >= 0.6 is 0 Å². The lowest BCUT2D eigenvalue weighted by atomic mass is 10.5. The third-order valence-electron chi connectivity index (χ3n) is 4.61. The lowest BCUT2D eigenvalue weighted by Crippen LogP contribution is -2.43. The molecule has 0 aromatic heterocycles. The van der Waals surface area contributed by atoms with Crippen molar-refractivity contribution in [1.82, 2.24) is 4.57 Å². The van der Waals surface area contributed by atoms with Crippen LogP contribution in [0.3, 0.4) is 0 Å². The molecule has 0 radical (unpaired) electrons. The minimum absolute atomic E-state index is 0.490. The molecule has 0 aromatic rings. The number of hydrogen-bond donors (Lipinski definition) is 0. The summed E-state index contributed by atoms with van der Waals surface area (Å²) >= 11 is 0. The molecule has 9 nitrogen and oxygen atoms in total. The quantitative estimate of drug-likeness (QED) is 0.107. The van der Waals surface area contributed by atoms with Gasteiger partial charge in [-0.1, -0.05) is 6.08 Å². The summed E-state index contributed by atoms with van der Waals surface area (Å²) in [6, 6.07) is 2.45. The molecule has 0 aromatic carbocycles. The molecule has 0 aliphatic rings. The Labute approximate surface area is 181 Å². The Kier molecular flexibility index (Phi) is 17.7. The molecule has 0 saturated heterocycles. The third kappa shape index (κ3) is 11.9. The van der Waals surface area contributed by atoms with Crippen LogP contribution in [0.2, 0.25) is 18.1 Å². The van der Waals surface area contributed by atoms with Crippen molar-refractivity contribution < 1.29 is 36.0 Å². The molecule has 0 unspecified atom stereocenters. The molecular weight excluding hydrogens is 430 g/mol. The van der Waals surface area contributed by atoms with Crippen molar-refractivity contribution in [3.05, 3.63) is 12.7 Å². The van der Waals surface area contributed by atoms with Crippen LogP contribution in [0.15, 0.2) is 12.7 Å². The summed E-state index contributed by atoms with van der Waals surface area (Å²) in [7, 11) is 4.21. The van der Waals surface area contributed by atoms with E-state index in [4.69, 9.17) is 36.0 Å². The first kappa shape index (κ1) is 29.0. The summed E-state index contributed by atoms with van der Waals surface area (Å²) in [6.45, 7) is 6.15. The second-order valence-corrected chi connectivity index (χ2v) is 14.4. The van der Waals surface area contributed by atoms with E-state index in [2.05, 4.69) is 11.1 Å². The second kappa shape index (κ2) is 17.7. The van der Waals surface area contributed by atoms with Gasteiger partial charge in [0.05, 0.1) is 13.5 Å². The summed E-state index contributed by atoms with van der Waals surface area (Å²) in [6.07, 6.45) is 3.58. The normalized spacial score (nSPS) is 13.1. The Hall–Kier alpha value is 0.0306. The van der Waals surface area contributed by atoms with Crippen molar-refractivity contribution in [2.75, 3.05) is 69.3 Å². The molecule has 12 heteroatoms. The Morgan fingerprint density at radius 3 is 1.41 bits per heavy atom. The van der Waals surface area contributed by atoms with Gasteiger partial charge in [-0.2, -0.15) is 0 Å². The molecule has 0 fully saturated rings. The van der Waals surface area contributed by atoms with Crippen molar-refractivity contribution in [2.24, 2.45) is 0 Å². The third-order valence-corrected chi connectivity index (χ3v) is 11.9. The average molecular weight is 472 g/mol. The predicted molar refractivity (Wildman–Crippen MR) is 119 cm³/mol. The molecule has 29 heavy (non-hydrogen) atoms. The van der Waals surface area contributed by atoms with E-state index in [9.17, 15) is 0 Å². The van der Waals surface area contributed by atoms with Crippen molar-refractivity contribution in [1.29, 1.82) is 0 Å². The van der Waals surface area contributed by atoms with Gasteiger partial charge >= 0.3 is 17.6 Å². The molecule has 0 atom stereocenters. The fourth-order valence-corrected chi connectivity index (χ4v) is 7.16. The summed E-state index contributed by atoms with van der Waals surface area (Å²) < 4.78 is 46.4. The predicted octanol–water partition coefficient (Wildman–Crippen LogP) is 1.46. The minimum Gasteiger partial charge on any atom is -0.377 e. The number of ether oxygens (including phenoxy) is 2. The number of allylic oxidation sites excluding steroid dienone is 1. The molecule has 0 saturated carbocycles. The van der Waals surface area contributed by atoms with E-state index < -0.39 is 27.3 Å². The van der Waals surface area contributed by atoms with Crippen molar-refractivity contribution in [2.45, 2.75) is 31.0 Å². The van der Waals surface area contributed by atoms with Crippen LogP contribution in [0.1, 0.15) is 12.8 Å². The molecule has 0 amide bonds. The van der Waals surface area contributed by atoms with Crippen LogP contribution in [-0.2, 0) is 36.0 Å². The van der Waals surface area contributed by atoms with E-state index in [1.54, 1.807) is 42.7 Å². The highest BCUT2D eigenvalue weighted by Crippen LogP contribution is 2.16. The largest absolute Gasteiger partial charge is 0.500 e. The maximum atomic E-state index is 5.83. The molecule has 0 spiro atoms. The molecule has 0 aliphatic carbocycles. The fourth-order valence-electron chi connectivity index (χ4n) is 2.72. The van der Waals surface area contributed by atoms with E-state index in [0.29, 0.717) is 26.7 Å². The zero-order chi connectivity index (χ0) is 22.0. The van der Waals surface area contributed by atoms with Crippen LogP contribution in [0, 0.1) is 0 Å². The zero-order valence-corrected chi connectivity index (χ0v) is 22.5. The number of hydrogen-bond acceptors (Lipinski definition) is 9. The van der Waals surface area contributed by atoms with Gasteiger partial charge in [-0.25, -0.2) is 0 Å². The second-order valence-electron chi connectivity index (χ2n) is 6.34. The molecule has 0 heterocycles. The van der Waals surface area contributed by atoms with Gasteiger partial charge in [0, 0.05) is 68.0 Å². The van der Waals surface area contributed by atoms with Gasteiger partial charge in [0.2, 0.25) is 0 Å². The lowest BCUT2D eigenvalue weighted by molar-refractivity contribution is -0.00230. The van der Waals surface area contributed by atoms with E-state index in [1.807, 2.05) is 6.08 Å². The Balaban J connectivity index is 4.15. The molecule has 0 rings (SSSR count). The molecule has 174 valence electrons. The smallest absolute Gasteiger partial charge is 0.377 e. The topological polar surface area (TPSA) is 77.1 Å². The molecule has 0 N–H and O–H groups in total. The van der Waals surface area contributed by atoms with Gasteiger partial charge in [-0.3, -0.25) is 4.57 Å². The van der Waals surface area contributed by atoms with E-state index in [-0.39, 0.29) is 0 Å². The van der Waals surface area contributed by atoms with Crippen molar-refractivity contribution in [3.8, 4) is 0 Å². The Morgan fingerprint density at radius 2 is 1.10 bits per heavy atom. The highest BCUT2D eigenvalue weighted by molar-refractivity contribution is 6.60. The maximum Gasteiger partial charge on any atom is 0.500 e. The highest BCUT2D eigenvalue weighted by atomic mass is 28.4. The summed E-state index contributed by atoms with van der Waals surface area (Å²) in [4.78, 5) is 0. The van der Waals surface area contributed by atoms with Gasteiger partial charge in [-0.15, -0.1) is 6.58 Å². The molecule has 0 bridgehead atoms. The number of rotatable bonds is 21. The van der Waals surface area contributed by atoms with Crippen LogP contribution in [0.25, 0.3) is 0 Å². The monoisotopic (exact) mass is 471 g/mol. The Morgan fingerprint density at radius 1 is 0.724 bits per heavy atom. The highest BCUT2D eigenvalue weighted by Gasteiger charge is 2.37. The van der Waals surface area contributed by atoms with Crippen molar-refractivity contribution in [3.63, 3.8) is 0 Å². The van der Waals surface area contributed by atoms with Gasteiger partial charge in [0.25, 0.3) is 0 Å². The SMILES string of the molecule is C=CC[SiH2]N(COCCC[Si](OC)(OC)OC)COCCC[Si](OC)(OC)OC.